The Hall–Kier alpha value is -2.68. The number of hydrogen-bond acceptors (Lipinski definition) is 5. The molecule has 1 aliphatic heterocycles. The zero-order valence-electron chi connectivity index (χ0n) is 15.1. The Morgan fingerprint density at radius 2 is 2.00 bits per heavy atom. The third-order valence-corrected chi connectivity index (χ3v) is 5.98. The first-order valence-corrected chi connectivity index (χ1v) is 9.31. The van der Waals surface area contributed by atoms with Crippen LogP contribution in [0.4, 0.5) is 14.9 Å². The highest BCUT2D eigenvalue weighted by molar-refractivity contribution is 5.89. The van der Waals surface area contributed by atoms with E-state index in [1.165, 1.54) is 23.1 Å². The Labute approximate surface area is 160 Å². The van der Waals surface area contributed by atoms with Crippen LogP contribution in [0.25, 0.3) is 0 Å². The van der Waals surface area contributed by atoms with Crippen LogP contribution in [0.1, 0.15) is 43.7 Å². The number of rotatable bonds is 5. The van der Waals surface area contributed by atoms with E-state index >= 15 is 0 Å². The van der Waals surface area contributed by atoms with Crippen molar-refractivity contribution in [2.24, 2.45) is 5.92 Å². The van der Waals surface area contributed by atoms with Crippen LogP contribution in [-0.2, 0) is 14.3 Å². The van der Waals surface area contributed by atoms with Gasteiger partial charge in [0.05, 0.1) is 5.69 Å². The fourth-order valence-corrected chi connectivity index (χ4v) is 4.61. The number of nitrogens with one attached hydrogen (secondary N) is 1. The summed E-state index contributed by atoms with van der Waals surface area (Å²) in [6.07, 6.45) is 2.19. The standard InChI is InChI=1S/C19H21FN2O6/c20-10-4-5-14-12(8-10)16(11-2-1-3-13(11)22(14)18(26)27)21-19(6-7-19)17(25)28-9-15(23)24/h4-5,8,11,13,16,21H,1-3,6-7,9H2,(H,23,24)(H,26,27). The molecule has 0 aromatic heterocycles. The van der Waals surface area contributed by atoms with Gasteiger partial charge in [-0.25, -0.2) is 14.0 Å². The third-order valence-electron chi connectivity index (χ3n) is 5.98. The van der Waals surface area contributed by atoms with Crippen molar-refractivity contribution in [3.63, 3.8) is 0 Å². The molecule has 4 rings (SSSR count). The Morgan fingerprint density at radius 1 is 1.25 bits per heavy atom. The van der Waals surface area contributed by atoms with E-state index in [1.54, 1.807) is 0 Å². The molecule has 1 amide bonds. The van der Waals surface area contributed by atoms with Crippen LogP contribution in [0.5, 0.6) is 0 Å². The molecule has 3 unspecified atom stereocenters. The van der Waals surface area contributed by atoms with Crippen LogP contribution in [0.15, 0.2) is 18.2 Å². The number of anilines is 1. The number of nitrogens with zero attached hydrogens (tertiary/aromatic N) is 1. The maximum absolute atomic E-state index is 14.0. The average molecular weight is 392 g/mol. The lowest BCUT2D eigenvalue weighted by molar-refractivity contribution is -0.157. The van der Waals surface area contributed by atoms with Gasteiger partial charge in [-0.05, 0) is 55.4 Å². The summed E-state index contributed by atoms with van der Waals surface area (Å²) in [5.74, 6) is -2.45. The molecular weight excluding hydrogens is 371 g/mol. The van der Waals surface area contributed by atoms with E-state index in [9.17, 15) is 23.9 Å². The molecule has 0 spiro atoms. The molecule has 1 aromatic rings. The number of esters is 1. The minimum Gasteiger partial charge on any atom is -0.479 e. The highest BCUT2D eigenvalue weighted by Crippen LogP contribution is 2.50. The lowest BCUT2D eigenvalue weighted by Gasteiger charge is -2.43. The largest absolute Gasteiger partial charge is 0.479 e. The summed E-state index contributed by atoms with van der Waals surface area (Å²) < 4.78 is 18.9. The Bertz CT molecular complexity index is 840. The first-order chi connectivity index (χ1) is 13.3. The number of carbonyl (C=O) groups excluding carboxylic acids is 1. The van der Waals surface area contributed by atoms with Crippen molar-refractivity contribution in [1.29, 1.82) is 0 Å². The minimum absolute atomic E-state index is 0.102. The summed E-state index contributed by atoms with van der Waals surface area (Å²) >= 11 is 0. The molecule has 3 N–H and O–H groups in total. The number of fused-ring (bicyclic) bond motifs is 2. The fraction of sp³-hybridized carbons (Fsp3) is 0.526. The molecule has 1 heterocycles. The van der Waals surface area contributed by atoms with Crippen LogP contribution >= 0.6 is 0 Å². The van der Waals surface area contributed by atoms with Gasteiger partial charge < -0.3 is 14.9 Å². The van der Waals surface area contributed by atoms with Crippen molar-refractivity contribution in [3.05, 3.63) is 29.6 Å². The molecule has 3 aliphatic rings. The molecule has 3 atom stereocenters. The summed E-state index contributed by atoms with van der Waals surface area (Å²) in [7, 11) is 0. The van der Waals surface area contributed by atoms with Gasteiger partial charge in [-0.2, -0.15) is 0 Å². The number of ether oxygens (including phenoxy) is 1. The van der Waals surface area contributed by atoms with E-state index in [2.05, 4.69) is 5.32 Å². The number of hydrogen-bond donors (Lipinski definition) is 3. The molecule has 28 heavy (non-hydrogen) atoms. The molecule has 8 nitrogen and oxygen atoms in total. The number of amides is 1. The maximum Gasteiger partial charge on any atom is 0.412 e. The van der Waals surface area contributed by atoms with Gasteiger partial charge in [-0.1, -0.05) is 6.42 Å². The van der Waals surface area contributed by atoms with E-state index in [0.29, 0.717) is 30.5 Å². The molecule has 150 valence electrons. The second-order valence-corrected chi connectivity index (χ2v) is 7.69. The Morgan fingerprint density at radius 3 is 2.64 bits per heavy atom. The molecule has 0 saturated heterocycles. The third kappa shape index (κ3) is 3.09. The lowest BCUT2D eigenvalue weighted by Crippen LogP contribution is -2.53. The molecule has 2 fully saturated rings. The monoisotopic (exact) mass is 392 g/mol. The van der Waals surface area contributed by atoms with Crippen LogP contribution in [-0.4, -0.2) is 46.4 Å². The van der Waals surface area contributed by atoms with E-state index in [-0.39, 0.29) is 12.0 Å². The maximum atomic E-state index is 14.0. The molecule has 2 aliphatic carbocycles. The van der Waals surface area contributed by atoms with Crippen molar-refractivity contribution in [1.82, 2.24) is 5.32 Å². The van der Waals surface area contributed by atoms with Crippen molar-refractivity contribution < 1.29 is 33.7 Å². The zero-order valence-corrected chi connectivity index (χ0v) is 15.1. The Balaban J connectivity index is 1.67. The summed E-state index contributed by atoms with van der Waals surface area (Å²) in [6, 6.07) is 3.35. The van der Waals surface area contributed by atoms with Gasteiger partial charge in [0.1, 0.15) is 11.4 Å². The second-order valence-electron chi connectivity index (χ2n) is 7.69. The lowest BCUT2D eigenvalue weighted by atomic mass is 9.82. The smallest absolute Gasteiger partial charge is 0.412 e. The normalized spacial score (nSPS) is 26.9. The van der Waals surface area contributed by atoms with Crippen LogP contribution in [0.2, 0.25) is 0 Å². The second kappa shape index (κ2) is 6.73. The van der Waals surface area contributed by atoms with Crippen molar-refractivity contribution in [2.45, 2.75) is 49.7 Å². The van der Waals surface area contributed by atoms with Crippen LogP contribution in [0, 0.1) is 11.7 Å². The van der Waals surface area contributed by atoms with Gasteiger partial charge in [0.15, 0.2) is 6.61 Å². The number of carbonyl (C=O) groups is 3. The molecule has 9 heteroatoms. The van der Waals surface area contributed by atoms with Crippen LogP contribution in [0.3, 0.4) is 0 Å². The van der Waals surface area contributed by atoms with E-state index < -0.39 is 42.0 Å². The summed E-state index contributed by atoms with van der Waals surface area (Å²) in [6.45, 7) is -0.711. The van der Waals surface area contributed by atoms with Crippen molar-refractivity contribution >= 4 is 23.7 Å². The predicted octanol–water partition coefficient (Wildman–Crippen LogP) is 2.28. The first-order valence-electron chi connectivity index (χ1n) is 9.31. The molecule has 0 bridgehead atoms. The van der Waals surface area contributed by atoms with Crippen LogP contribution < -0.4 is 10.2 Å². The van der Waals surface area contributed by atoms with Gasteiger partial charge in [0, 0.05) is 12.1 Å². The summed E-state index contributed by atoms with van der Waals surface area (Å²) in [4.78, 5) is 36.3. The summed E-state index contributed by atoms with van der Waals surface area (Å²) in [5.41, 5.74) is -0.0745. The van der Waals surface area contributed by atoms with Gasteiger partial charge in [0.25, 0.3) is 0 Å². The van der Waals surface area contributed by atoms with Gasteiger partial charge >= 0.3 is 18.0 Å². The number of aliphatic carboxylic acids is 1. The number of benzene rings is 1. The highest BCUT2D eigenvalue weighted by atomic mass is 19.1. The SMILES string of the molecule is O=C(O)COC(=O)C1(NC2c3cc(F)ccc3N(C(=O)O)C3CCCC23)CC1. The van der Waals surface area contributed by atoms with Crippen molar-refractivity contribution in [3.8, 4) is 0 Å². The van der Waals surface area contributed by atoms with Gasteiger partial charge in [-0.15, -0.1) is 0 Å². The number of carboxylic acid groups (broad SMARTS) is 2. The minimum atomic E-state index is -1.23. The molecule has 0 radical (unpaired) electrons. The predicted molar refractivity (Wildman–Crippen MR) is 94.5 cm³/mol. The van der Waals surface area contributed by atoms with Crippen molar-refractivity contribution in [2.75, 3.05) is 11.5 Å². The average Bonchev–Trinajstić information content (AvgIpc) is 3.27. The van der Waals surface area contributed by atoms with Gasteiger partial charge in [-0.3, -0.25) is 15.0 Å². The summed E-state index contributed by atoms with van der Waals surface area (Å²) in [5, 5.41) is 21.7. The molecule has 1 aromatic carbocycles. The Kier molecular flexibility index (Phi) is 4.49. The topological polar surface area (TPSA) is 116 Å². The highest BCUT2D eigenvalue weighted by Gasteiger charge is 2.56. The van der Waals surface area contributed by atoms with E-state index in [1.807, 2.05) is 0 Å². The molecule has 2 saturated carbocycles. The fourth-order valence-electron chi connectivity index (χ4n) is 4.61. The van der Waals surface area contributed by atoms with E-state index in [0.717, 1.165) is 12.8 Å². The number of carboxylic acids is 1. The zero-order chi connectivity index (χ0) is 20.1. The quantitative estimate of drug-likeness (QED) is 0.658. The van der Waals surface area contributed by atoms with E-state index in [4.69, 9.17) is 9.84 Å². The van der Waals surface area contributed by atoms with Gasteiger partial charge in [0.2, 0.25) is 0 Å². The first kappa shape index (κ1) is 18.7. The number of halogens is 1. The molecular formula is C19H21FN2O6.